The number of amides is 1. The first-order valence-electron chi connectivity index (χ1n) is 4.49. The van der Waals surface area contributed by atoms with E-state index < -0.39 is 0 Å². The van der Waals surface area contributed by atoms with Crippen molar-refractivity contribution in [2.24, 2.45) is 11.7 Å². The van der Waals surface area contributed by atoms with Crippen molar-refractivity contribution >= 4 is 5.91 Å². The minimum absolute atomic E-state index is 0.0560. The number of nitrogens with two attached hydrogens (primary N) is 1. The van der Waals surface area contributed by atoms with Gasteiger partial charge >= 0.3 is 0 Å². The van der Waals surface area contributed by atoms with E-state index in [-0.39, 0.29) is 23.9 Å². The monoisotopic (exact) mass is 172 g/mol. The van der Waals surface area contributed by atoms with Gasteiger partial charge in [-0.2, -0.15) is 0 Å². The minimum atomic E-state index is 0.0560. The van der Waals surface area contributed by atoms with Crippen LogP contribution in [0.2, 0.25) is 0 Å². The number of rotatable bonds is 4. The molecule has 0 fully saturated rings. The molecule has 0 aliphatic rings. The molecule has 0 saturated heterocycles. The fourth-order valence-electron chi connectivity index (χ4n) is 1.03. The molecule has 3 nitrogen and oxygen atoms in total. The molecule has 0 radical (unpaired) electrons. The zero-order chi connectivity index (χ0) is 9.72. The molecule has 0 heterocycles. The van der Waals surface area contributed by atoms with Crippen molar-refractivity contribution in [1.82, 2.24) is 5.32 Å². The largest absolute Gasteiger partial charge is 0.353 e. The predicted molar refractivity (Wildman–Crippen MR) is 50.7 cm³/mol. The summed E-state index contributed by atoms with van der Waals surface area (Å²) in [4.78, 5) is 11.2. The van der Waals surface area contributed by atoms with E-state index in [1.54, 1.807) is 0 Å². The van der Waals surface area contributed by atoms with Crippen molar-refractivity contribution in [1.29, 1.82) is 0 Å². The summed E-state index contributed by atoms with van der Waals surface area (Å²) in [6.45, 7) is 7.68. The first kappa shape index (κ1) is 11.4. The van der Waals surface area contributed by atoms with Crippen LogP contribution in [0.25, 0.3) is 0 Å². The van der Waals surface area contributed by atoms with Crippen LogP contribution in [0.3, 0.4) is 0 Å². The van der Waals surface area contributed by atoms with Crippen LogP contribution < -0.4 is 11.1 Å². The summed E-state index contributed by atoms with van der Waals surface area (Å²) in [5.41, 5.74) is 5.59. The maximum absolute atomic E-state index is 11.2. The van der Waals surface area contributed by atoms with Gasteiger partial charge < -0.3 is 11.1 Å². The number of nitrogens with one attached hydrogen (secondary N) is 1. The third-order valence-electron chi connectivity index (χ3n) is 1.64. The standard InChI is InChI=1S/C9H20N2O/c1-6(2)9(12)11-8(4)5-7(3)10/h6-8H,5,10H2,1-4H3,(H,11,12). The van der Waals surface area contributed by atoms with Crippen LogP contribution in [0.5, 0.6) is 0 Å². The minimum Gasteiger partial charge on any atom is -0.353 e. The van der Waals surface area contributed by atoms with E-state index in [1.807, 2.05) is 27.7 Å². The molecule has 12 heavy (non-hydrogen) atoms. The van der Waals surface area contributed by atoms with Crippen LogP contribution in [0.4, 0.5) is 0 Å². The molecule has 0 aromatic rings. The van der Waals surface area contributed by atoms with Crippen LogP contribution in [0.1, 0.15) is 34.1 Å². The maximum Gasteiger partial charge on any atom is 0.222 e. The number of hydrogen-bond acceptors (Lipinski definition) is 2. The molecule has 0 bridgehead atoms. The lowest BCUT2D eigenvalue weighted by molar-refractivity contribution is -0.124. The van der Waals surface area contributed by atoms with Crippen molar-refractivity contribution in [2.45, 2.75) is 46.2 Å². The average molecular weight is 172 g/mol. The molecule has 0 aliphatic heterocycles. The highest BCUT2D eigenvalue weighted by Gasteiger charge is 2.11. The quantitative estimate of drug-likeness (QED) is 0.661. The summed E-state index contributed by atoms with van der Waals surface area (Å²) >= 11 is 0. The second kappa shape index (κ2) is 5.14. The van der Waals surface area contributed by atoms with E-state index in [0.717, 1.165) is 6.42 Å². The average Bonchev–Trinajstić information content (AvgIpc) is 1.84. The number of carbonyl (C=O) groups is 1. The summed E-state index contributed by atoms with van der Waals surface area (Å²) < 4.78 is 0. The molecule has 2 unspecified atom stereocenters. The first-order chi connectivity index (χ1) is 5.43. The number of carbonyl (C=O) groups excluding carboxylic acids is 1. The molecule has 1 amide bonds. The Balaban J connectivity index is 3.69. The van der Waals surface area contributed by atoms with Crippen molar-refractivity contribution in [2.75, 3.05) is 0 Å². The van der Waals surface area contributed by atoms with Gasteiger partial charge in [0.2, 0.25) is 5.91 Å². The molecule has 0 spiro atoms. The molecule has 2 atom stereocenters. The van der Waals surface area contributed by atoms with Gasteiger partial charge in [0, 0.05) is 18.0 Å². The Labute approximate surface area is 74.7 Å². The second-order valence-corrected chi connectivity index (χ2v) is 3.78. The topological polar surface area (TPSA) is 55.1 Å². The highest BCUT2D eigenvalue weighted by Crippen LogP contribution is 1.97. The molecular weight excluding hydrogens is 152 g/mol. The molecular formula is C9H20N2O. The van der Waals surface area contributed by atoms with Gasteiger partial charge in [0.15, 0.2) is 0 Å². The summed E-state index contributed by atoms with van der Waals surface area (Å²) in [7, 11) is 0. The summed E-state index contributed by atoms with van der Waals surface area (Å²) in [5.74, 6) is 0.156. The van der Waals surface area contributed by atoms with E-state index >= 15 is 0 Å². The molecule has 0 rings (SSSR count). The molecule has 3 heteroatoms. The molecule has 0 saturated carbocycles. The third kappa shape index (κ3) is 5.13. The van der Waals surface area contributed by atoms with Crippen LogP contribution in [-0.4, -0.2) is 18.0 Å². The molecule has 72 valence electrons. The summed E-state index contributed by atoms with van der Waals surface area (Å²) in [6.07, 6.45) is 0.832. The lowest BCUT2D eigenvalue weighted by Gasteiger charge is -2.17. The van der Waals surface area contributed by atoms with E-state index in [0.29, 0.717) is 0 Å². The lowest BCUT2D eigenvalue weighted by Crippen LogP contribution is -2.38. The SMILES string of the molecule is CC(N)CC(C)NC(=O)C(C)C. The maximum atomic E-state index is 11.2. The molecule has 3 N–H and O–H groups in total. The van der Waals surface area contributed by atoms with Gasteiger partial charge in [-0.25, -0.2) is 0 Å². The fourth-order valence-corrected chi connectivity index (χ4v) is 1.03. The van der Waals surface area contributed by atoms with Gasteiger partial charge in [-0.1, -0.05) is 13.8 Å². The Morgan fingerprint density at radius 3 is 2.17 bits per heavy atom. The summed E-state index contributed by atoms with van der Waals surface area (Å²) in [6, 6.07) is 0.326. The van der Waals surface area contributed by atoms with E-state index in [9.17, 15) is 4.79 Å². The van der Waals surface area contributed by atoms with E-state index in [4.69, 9.17) is 5.73 Å². The first-order valence-corrected chi connectivity index (χ1v) is 4.49. The van der Waals surface area contributed by atoms with Crippen molar-refractivity contribution in [3.8, 4) is 0 Å². The zero-order valence-corrected chi connectivity index (χ0v) is 8.42. The van der Waals surface area contributed by atoms with Crippen molar-refractivity contribution < 1.29 is 4.79 Å². The highest BCUT2D eigenvalue weighted by molar-refractivity contribution is 5.78. The number of hydrogen-bond donors (Lipinski definition) is 2. The van der Waals surface area contributed by atoms with Crippen LogP contribution in [0.15, 0.2) is 0 Å². The predicted octanol–water partition coefficient (Wildman–Crippen LogP) is 0.884. The molecule has 0 aromatic heterocycles. The zero-order valence-electron chi connectivity index (χ0n) is 8.42. The van der Waals surface area contributed by atoms with Gasteiger partial charge in [0.1, 0.15) is 0 Å². The highest BCUT2D eigenvalue weighted by atomic mass is 16.1. The Hall–Kier alpha value is -0.570. The third-order valence-corrected chi connectivity index (χ3v) is 1.64. The van der Waals surface area contributed by atoms with Crippen LogP contribution in [-0.2, 0) is 4.79 Å². The lowest BCUT2D eigenvalue weighted by atomic mass is 10.1. The van der Waals surface area contributed by atoms with Crippen molar-refractivity contribution in [3.05, 3.63) is 0 Å². The summed E-state index contributed by atoms with van der Waals surface area (Å²) in [5, 5.41) is 2.89. The van der Waals surface area contributed by atoms with Crippen LogP contribution >= 0.6 is 0 Å². The van der Waals surface area contributed by atoms with Gasteiger partial charge in [-0.05, 0) is 20.3 Å². The fraction of sp³-hybridized carbons (Fsp3) is 0.889. The van der Waals surface area contributed by atoms with Crippen LogP contribution in [0, 0.1) is 5.92 Å². The molecule has 0 aromatic carbocycles. The Morgan fingerprint density at radius 2 is 1.83 bits per heavy atom. The van der Waals surface area contributed by atoms with Gasteiger partial charge in [0.25, 0.3) is 0 Å². The van der Waals surface area contributed by atoms with E-state index in [2.05, 4.69) is 5.32 Å². The Bertz CT molecular complexity index is 143. The van der Waals surface area contributed by atoms with E-state index in [1.165, 1.54) is 0 Å². The van der Waals surface area contributed by atoms with Gasteiger partial charge in [-0.3, -0.25) is 4.79 Å². The van der Waals surface area contributed by atoms with Gasteiger partial charge in [-0.15, -0.1) is 0 Å². The Morgan fingerprint density at radius 1 is 1.33 bits per heavy atom. The smallest absolute Gasteiger partial charge is 0.222 e. The Kier molecular flexibility index (Phi) is 4.90. The van der Waals surface area contributed by atoms with Gasteiger partial charge in [0.05, 0.1) is 0 Å². The normalized spacial score (nSPS) is 15.8. The van der Waals surface area contributed by atoms with Crippen molar-refractivity contribution in [3.63, 3.8) is 0 Å². The molecule has 0 aliphatic carbocycles. The second-order valence-electron chi connectivity index (χ2n) is 3.78.